The van der Waals surface area contributed by atoms with Crippen molar-refractivity contribution in [3.63, 3.8) is 0 Å². The summed E-state index contributed by atoms with van der Waals surface area (Å²) in [7, 11) is 0. The molecule has 0 bridgehead atoms. The van der Waals surface area contributed by atoms with Crippen molar-refractivity contribution >= 4 is 11.4 Å². The Morgan fingerprint density at radius 2 is 1.13 bits per heavy atom. The molecule has 1 nitrogen and oxygen atoms in total. The molecule has 0 fully saturated rings. The van der Waals surface area contributed by atoms with E-state index in [1.54, 1.807) is 0 Å². The number of para-hydroxylation sites is 2. The van der Waals surface area contributed by atoms with E-state index in [0.29, 0.717) is 0 Å². The van der Waals surface area contributed by atoms with Gasteiger partial charge in [-0.3, -0.25) is 4.48 Å². The van der Waals surface area contributed by atoms with Gasteiger partial charge in [-0.1, -0.05) is 63.1 Å². The van der Waals surface area contributed by atoms with Crippen molar-refractivity contribution in [3.05, 3.63) is 60.7 Å². The van der Waals surface area contributed by atoms with Crippen molar-refractivity contribution in [1.82, 2.24) is 4.48 Å². The number of hydrogen-bond donors (Lipinski definition) is 0. The van der Waals surface area contributed by atoms with Gasteiger partial charge in [0.1, 0.15) is 11.4 Å². The Labute approximate surface area is 148 Å². The Kier molecular flexibility index (Phi) is 8.98. The van der Waals surface area contributed by atoms with Crippen LogP contribution in [0.5, 0.6) is 0 Å². The normalized spacial score (nSPS) is 11.0. The number of benzene rings is 2. The first-order valence-electron chi connectivity index (χ1n) is 8.82. The quantitative estimate of drug-likeness (QED) is 0.488. The predicted molar refractivity (Wildman–Crippen MR) is 98.5 cm³/mol. The topological polar surface area (TPSA) is 0 Å². The fourth-order valence-corrected chi connectivity index (χ4v) is 3.39. The van der Waals surface area contributed by atoms with Gasteiger partial charge >= 0.3 is 0 Å². The number of unbranched alkanes of at least 4 members (excludes halogenated alkanes) is 3. The molecule has 0 aliphatic heterocycles. The van der Waals surface area contributed by atoms with E-state index >= 15 is 0 Å². The van der Waals surface area contributed by atoms with E-state index in [-0.39, 0.29) is 12.4 Å². The second-order valence-electron chi connectivity index (χ2n) is 6.15. The van der Waals surface area contributed by atoms with Crippen LogP contribution in [0.1, 0.15) is 46.0 Å². The molecule has 126 valence electrons. The fourth-order valence-electron chi connectivity index (χ4n) is 3.39. The SMILES string of the molecule is CCCCCC[N+](CCC)(c1ccccc1)c1ccccc1.[Cl-]. The molecular weight excluding hydrogens is 302 g/mol. The van der Waals surface area contributed by atoms with Crippen molar-refractivity contribution in [1.29, 1.82) is 0 Å². The van der Waals surface area contributed by atoms with E-state index in [1.165, 1.54) is 56.6 Å². The Hall–Kier alpha value is -1.31. The van der Waals surface area contributed by atoms with E-state index in [0.717, 1.165) is 4.48 Å². The van der Waals surface area contributed by atoms with E-state index in [1.807, 2.05) is 0 Å². The van der Waals surface area contributed by atoms with E-state index in [4.69, 9.17) is 0 Å². The average Bonchev–Trinajstić information content (AvgIpc) is 2.59. The fraction of sp³-hybridized carbons (Fsp3) is 0.429. The zero-order valence-corrected chi connectivity index (χ0v) is 15.3. The lowest BCUT2D eigenvalue weighted by Gasteiger charge is -2.38. The zero-order valence-electron chi connectivity index (χ0n) is 14.5. The molecule has 0 saturated carbocycles. The first kappa shape index (κ1) is 19.7. The van der Waals surface area contributed by atoms with Crippen LogP contribution in [-0.2, 0) is 0 Å². The van der Waals surface area contributed by atoms with Crippen LogP contribution in [0, 0.1) is 0 Å². The van der Waals surface area contributed by atoms with Crippen LogP contribution in [0.2, 0.25) is 0 Å². The molecule has 2 aromatic carbocycles. The maximum atomic E-state index is 2.30. The van der Waals surface area contributed by atoms with E-state index < -0.39 is 0 Å². The molecule has 0 atom stereocenters. The molecule has 0 radical (unpaired) electrons. The summed E-state index contributed by atoms with van der Waals surface area (Å²) < 4.78 is 0.988. The van der Waals surface area contributed by atoms with Gasteiger partial charge in [-0.2, -0.15) is 0 Å². The molecule has 2 heteroatoms. The lowest BCUT2D eigenvalue weighted by Crippen LogP contribution is -3.00. The standard InChI is InChI=1S/C21H30N.ClH/c1-3-5-6-13-19-22(18-4-2,20-14-9-7-10-15-20)21-16-11-8-12-17-21;/h7-12,14-17H,3-6,13,18-19H2,1-2H3;1H/q+1;/p-1. The van der Waals surface area contributed by atoms with E-state index in [2.05, 4.69) is 74.5 Å². The van der Waals surface area contributed by atoms with Crippen LogP contribution in [0.3, 0.4) is 0 Å². The second-order valence-corrected chi connectivity index (χ2v) is 6.15. The van der Waals surface area contributed by atoms with Crippen LogP contribution >= 0.6 is 0 Å². The van der Waals surface area contributed by atoms with E-state index in [9.17, 15) is 0 Å². The number of nitrogens with zero attached hydrogens (tertiary/aromatic N) is 1. The Morgan fingerprint density at radius 1 is 0.609 bits per heavy atom. The molecule has 2 rings (SSSR count). The lowest BCUT2D eigenvalue weighted by atomic mass is 10.1. The molecule has 0 heterocycles. The molecule has 0 aliphatic rings. The van der Waals surface area contributed by atoms with Crippen LogP contribution in [0.15, 0.2) is 60.7 Å². The third kappa shape index (κ3) is 5.09. The smallest absolute Gasteiger partial charge is 0.137 e. The maximum absolute atomic E-state index is 2.30. The zero-order chi connectivity index (χ0) is 15.7. The summed E-state index contributed by atoms with van der Waals surface area (Å²) in [5.41, 5.74) is 2.85. The van der Waals surface area contributed by atoms with Gasteiger partial charge in [-0.05, 0) is 43.5 Å². The van der Waals surface area contributed by atoms with Crippen LogP contribution < -0.4 is 16.9 Å². The van der Waals surface area contributed by atoms with Gasteiger partial charge in [0.05, 0.1) is 13.1 Å². The summed E-state index contributed by atoms with van der Waals surface area (Å²) in [5.74, 6) is 0. The highest BCUT2D eigenvalue weighted by Gasteiger charge is 2.31. The van der Waals surface area contributed by atoms with Gasteiger partial charge in [0, 0.05) is 0 Å². The number of rotatable bonds is 9. The number of hydrogen-bond acceptors (Lipinski definition) is 0. The van der Waals surface area contributed by atoms with Crippen molar-refractivity contribution in [3.8, 4) is 0 Å². The minimum Gasteiger partial charge on any atom is -1.00 e. The van der Waals surface area contributed by atoms with Crippen molar-refractivity contribution < 1.29 is 12.4 Å². The summed E-state index contributed by atoms with van der Waals surface area (Å²) >= 11 is 0. The molecule has 0 amide bonds. The van der Waals surface area contributed by atoms with Gasteiger partial charge in [-0.25, -0.2) is 0 Å². The van der Waals surface area contributed by atoms with Crippen molar-refractivity contribution in [2.24, 2.45) is 0 Å². The van der Waals surface area contributed by atoms with Crippen LogP contribution in [-0.4, -0.2) is 13.1 Å². The summed E-state index contributed by atoms with van der Waals surface area (Å²) in [6.07, 6.45) is 6.45. The molecule has 0 saturated heterocycles. The summed E-state index contributed by atoms with van der Waals surface area (Å²) in [6, 6.07) is 22.1. The van der Waals surface area contributed by atoms with Gasteiger partial charge in [0.15, 0.2) is 0 Å². The van der Waals surface area contributed by atoms with Gasteiger partial charge < -0.3 is 12.4 Å². The monoisotopic (exact) mass is 331 g/mol. The van der Waals surface area contributed by atoms with Crippen molar-refractivity contribution in [2.45, 2.75) is 46.0 Å². The summed E-state index contributed by atoms with van der Waals surface area (Å²) in [5, 5.41) is 0. The highest BCUT2D eigenvalue weighted by Crippen LogP contribution is 2.35. The van der Waals surface area contributed by atoms with Gasteiger partial charge in [0.25, 0.3) is 0 Å². The molecule has 2 aromatic rings. The molecule has 0 unspecified atom stereocenters. The Balaban J connectivity index is 0.00000264. The molecule has 23 heavy (non-hydrogen) atoms. The van der Waals surface area contributed by atoms with Crippen molar-refractivity contribution in [2.75, 3.05) is 13.1 Å². The van der Waals surface area contributed by atoms with Crippen LogP contribution in [0.25, 0.3) is 0 Å². The summed E-state index contributed by atoms with van der Waals surface area (Å²) in [6.45, 7) is 6.94. The highest BCUT2D eigenvalue weighted by atomic mass is 35.5. The Bertz CT molecular complexity index is 485. The third-order valence-electron chi connectivity index (χ3n) is 4.50. The molecule has 0 N–H and O–H groups in total. The van der Waals surface area contributed by atoms with Gasteiger partial charge in [0.2, 0.25) is 0 Å². The third-order valence-corrected chi connectivity index (χ3v) is 4.50. The minimum atomic E-state index is 0. The predicted octanol–water partition coefficient (Wildman–Crippen LogP) is 3.32. The largest absolute Gasteiger partial charge is 1.00 e. The molecule has 0 spiro atoms. The van der Waals surface area contributed by atoms with Crippen LogP contribution in [0.4, 0.5) is 11.4 Å². The number of quaternary nitrogens is 1. The summed E-state index contributed by atoms with van der Waals surface area (Å²) in [4.78, 5) is 0. The lowest BCUT2D eigenvalue weighted by molar-refractivity contribution is -0.00000460. The molecular formula is C21H30ClN. The first-order valence-corrected chi connectivity index (χ1v) is 8.82. The number of halogens is 1. The molecule has 0 aliphatic carbocycles. The van der Waals surface area contributed by atoms with Gasteiger partial charge in [-0.15, -0.1) is 0 Å². The Morgan fingerprint density at radius 3 is 1.57 bits per heavy atom. The maximum Gasteiger partial charge on any atom is 0.137 e. The first-order chi connectivity index (χ1) is 10.8. The highest BCUT2D eigenvalue weighted by molar-refractivity contribution is 5.58. The molecule has 0 aromatic heterocycles. The average molecular weight is 332 g/mol. The minimum absolute atomic E-state index is 0. The second kappa shape index (κ2) is 10.5.